The number of thiophene rings is 1. The van der Waals surface area contributed by atoms with E-state index in [1.54, 1.807) is 6.92 Å². The summed E-state index contributed by atoms with van der Waals surface area (Å²) in [6.45, 7) is 1.55. The van der Waals surface area contributed by atoms with Crippen LogP contribution >= 0.6 is 11.3 Å². The first-order valence-electron chi connectivity index (χ1n) is 4.75. The molecule has 0 atom stereocenters. The lowest BCUT2D eigenvalue weighted by Crippen LogP contribution is -2.15. The third-order valence-corrected chi connectivity index (χ3v) is 4.91. The van der Waals surface area contributed by atoms with Gasteiger partial charge in [0.25, 0.3) is 10.0 Å². The number of rotatable bonds is 4. The Hall–Kier alpha value is -1.87. The maximum absolute atomic E-state index is 12.1. The van der Waals surface area contributed by atoms with E-state index in [0.717, 1.165) is 11.3 Å². The molecule has 0 aliphatic carbocycles. The Morgan fingerprint density at radius 3 is 2.83 bits per heavy atom. The normalized spacial score (nSPS) is 11.4. The molecule has 0 saturated carbocycles. The molecule has 2 rings (SSSR count). The third kappa shape index (κ3) is 2.22. The van der Waals surface area contributed by atoms with Crippen LogP contribution < -0.4 is 4.72 Å². The number of aromatic nitrogens is 2. The average Bonchev–Trinajstić information content (AvgIpc) is 2.86. The SMILES string of the molecule is Cc1csc(C(=O)O)c1S(=O)(=O)Nc1cn[nH]c1. The zero-order chi connectivity index (χ0) is 13.3. The van der Waals surface area contributed by atoms with Gasteiger partial charge in [-0.2, -0.15) is 5.10 Å². The highest BCUT2D eigenvalue weighted by molar-refractivity contribution is 7.93. The zero-order valence-corrected chi connectivity index (χ0v) is 10.8. The highest BCUT2D eigenvalue weighted by atomic mass is 32.2. The molecule has 0 amide bonds. The number of aromatic amines is 1. The summed E-state index contributed by atoms with van der Waals surface area (Å²) in [4.78, 5) is 10.6. The minimum Gasteiger partial charge on any atom is -0.477 e. The number of aromatic carboxylic acids is 1. The fourth-order valence-electron chi connectivity index (χ4n) is 1.43. The van der Waals surface area contributed by atoms with Crippen LogP contribution in [0.5, 0.6) is 0 Å². The quantitative estimate of drug-likeness (QED) is 0.784. The number of carbonyl (C=O) groups is 1. The summed E-state index contributed by atoms with van der Waals surface area (Å²) in [5.41, 5.74) is 0.644. The van der Waals surface area contributed by atoms with Gasteiger partial charge in [0.2, 0.25) is 0 Å². The standard InChI is InChI=1S/C9H9N3O4S2/c1-5-4-17-7(9(13)14)8(5)18(15,16)12-6-2-10-11-3-6/h2-4,12H,1H3,(H,10,11)(H,13,14). The molecule has 3 N–H and O–H groups in total. The molecular formula is C9H9N3O4S2. The Balaban J connectivity index is 2.47. The molecular weight excluding hydrogens is 278 g/mol. The molecule has 2 aromatic heterocycles. The van der Waals surface area contributed by atoms with Gasteiger partial charge in [0.1, 0.15) is 9.77 Å². The lowest BCUT2D eigenvalue weighted by Gasteiger charge is -2.06. The first-order chi connectivity index (χ1) is 8.42. The molecule has 0 unspecified atom stereocenters. The van der Waals surface area contributed by atoms with Crippen molar-refractivity contribution in [3.05, 3.63) is 28.2 Å². The molecule has 0 radical (unpaired) electrons. The van der Waals surface area contributed by atoms with Crippen LogP contribution in [-0.2, 0) is 10.0 Å². The molecule has 7 nitrogen and oxygen atoms in total. The Kier molecular flexibility index (Phi) is 3.09. The molecule has 0 bridgehead atoms. The van der Waals surface area contributed by atoms with Crippen molar-refractivity contribution in [2.45, 2.75) is 11.8 Å². The molecule has 0 spiro atoms. The summed E-state index contributed by atoms with van der Waals surface area (Å²) >= 11 is 0.882. The summed E-state index contributed by atoms with van der Waals surface area (Å²) in [6, 6.07) is 0. The van der Waals surface area contributed by atoms with Crippen molar-refractivity contribution < 1.29 is 18.3 Å². The van der Waals surface area contributed by atoms with Crippen LogP contribution in [0.15, 0.2) is 22.7 Å². The van der Waals surface area contributed by atoms with E-state index in [9.17, 15) is 13.2 Å². The Labute approximate surface area is 107 Å². The topological polar surface area (TPSA) is 112 Å². The van der Waals surface area contributed by atoms with Crippen LogP contribution in [0.2, 0.25) is 0 Å². The first-order valence-corrected chi connectivity index (χ1v) is 7.11. The summed E-state index contributed by atoms with van der Waals surface area (Å²) in [6.07, 6.45) is 2.65. The second-order valence-electron chi connectivity index (χ2n) is 3.47. The lowest BCUT2D eigenvalue weighted by molar-refractivity contribution is 0.0698. The maximum atomic E-state index is 12.1. The highest BCUT2D eigenvalue weighted by Gasteiger charge is 2.26. The van der Waals surface area contributed by atoms with E-state index < -0.39 is 16.0 Å². The van der Waals surface area contributed by atoms with E-state index in [-0.39, 0.29) is 15.5 Å². The average molecular weight is 287 g/mol. The van der Waals surface area contributed by atoms with E-state index >= 15 is 0 Å². The van der Waals surface area contributed by atoms with Gasteiger partial charge in [0.15, 0.2) is 0 Å². The van der Waals surface area contributed by atoms with Crippen molar-refractivity contribution in [3.8, 4) is 0 Å². The highest BCUT2D eigenvalue weighted by Crippen LogP contribution is 2.28. The van der Waals surface area contributed by atoms with Crippen molar-refractivity contribution in [1.82, 2.24) is 10.2 Å². The molecule has 0 aliphatic rings. The Bertz CT molecular complexity index is 673. The monoisotopic (exact) mass is 287 g/mol. The van der Waals surface area contributed by atoms with Gasteiger partial charge in [0, 0.05) is 6.20 Å². The lowest BCUT2D eigenvalue weighted by atomic mass is 10.3. The molecule has 0 saturated heterocycles. The summed E-state index contributed by atoms with van der Waals surface area (Å²) in [7, 11) is -3.93. The summed E-state index contributed by atoms with van der Waals surface area (Å²) in [5.74, 6) is -1.26. The smallest absolute Gasteiger partial charge is 0.347 e. The number of H-pyrrole nitrogens is 1. The summed E-state index contributed by atoms with van der Waals surface area (Å²) in [5, 5.41) is 16.5. The predicted molar refractivity (Wildman–Crippen MR) is 65.4 cm³/mol. The fraction of sp³-hybridized carbons (Fsp3) is 0.111. The van der Waals surface area contributed by atoms with Crippen LogP contribution in [0.4, 0.5) is 5.69 Å². The Morgan fingerprint density at radius 1 is 1.56 bits per heavy atom. The van der Waals surface area contributed by atoms with Crippen LogP contribution in [-0.4, -0.2) is 29.7 Å². The molecule has 0 aromatic carbocycles. The van der Waals surface area contributed by atoms with Gasteiger partial charge in [0.05, 0.1) is 11.9 Å². The van der Waals surface area contributed by atoms with Gasteiger partial charge >= 0.3 is 5.97 Å². The van der Waals surface area contributed by atoms with Crippen LogP contribution in [0.3, 0.4) is 0 Å². The van der Waals surface area contributed by atoms with Crippen molar-refractivity contribution in [1.29, 1.82) is 0 Å². The molecule has 2 aromatic rings. The molecule has 9 heteroatoms. The summed E-state index contributed by atoms with van der Waals surface area (Å²) < 4.78 is 26.5. The number of sulfonamides is 1. The Morgan fingerprint density at radius 2 is 2.28 bits per heavy atom. The molecule has 18 heavy (non-hydrogen) atoms. The molecule has 0 fully saturated rings. The van der Waals surface area contributed by atoms with Gasteiger partial charge < -0.3 is 5.11 Å². The number of nitrogens with one attached hydrogen (secondary N) is 2. The van der Waals surface area contributed by atoms with Crippen LogP contribution in [0.25, 0.3) is 0 Å². The minimum atomic E-state index is -3.93. The van der Waals surface area contributed by atoms with Gasteiger partial charge in [-0.05, 0) is 17.9 Å². The zero-order valence-electron chi connectivity index (χ0n) is 9.17. The van der Waals surface area contributed by atoms with Crippen molar-refractivity contribution in [3.63, 3.8) is 0 Å². The number of carboxylic acids is 1. The van der Waals surface area contributed by atoms with Crippen LogP contribution in [0.1, 0.15) is 15.2 Å². The van der Waals surface area contributed by atoms with Gasteiger partial charge in [-0.3, -0.25) is 9.82 Å². The number of anilines is 1. The van der Waals surface area contributed by atoms with Crippen molar-refractivity contribution in [2.24, 2.45) is 0 Å². The predicted octanol–water partition coefficient (Wildman–Crippen LogP) is 1.28. The first kappa shape index (κ1) is 12.6. The minimum absolute atomic E-state index is 0.205. The van der Waals surface area contributed by atoms with E-state index in [4.69, 9.17) is 5.11 Å². The van der Waals surface area contributed by atoms with E-state index in [0.29, 0.717) is 5.56 Å². The molecule has 96 valence electrons. The van der Waals surface area contributed by atoms with Crippen molar-refractivity contribution >= 4 is 33.0 Å². The third-order valence-electron chi connectivity index (χ3n) is 2.13. The van der Waals surface area contributed by atoms with E-state index in [1.165, 1.54) is 17.8 Å². The number of hydrogen-bond donors (Lipinski definition) is 3. The fourth-order valence-corrected chi connectivity index (χ4v) is 4.10. The second kappa shape index (κ2) is 4.42. The molecule has 2 heterocycles. The van der Waals surface area contributed by atoms with Crippen LogP contribution in [0, 0.1) is 6.92 Å². The van der Waals surface area contributed by atoms with Gasteiger partial charge in [-0.25, -0.2) is 13.2 Å². The number of nitrogens with zero attached hydrogens (tertiary/aromatic N) is 1. The van der Waals surface area contributed by atoms with E-state index in [1.807, 2.05) is 0 Å². The van der Waals surface area contributed by atoms with Crippen molar-refractivity contribution in [2.75, 3.05) is 4.72 Å². The van der Waals surface area contributed by atoms with E-state index in [2.05, 4.69) is 14.9 Å². The number of aryl methyl sites for hydroxylation is 1. The van der Waals surface area contributed by atoms with Gasteiger partial charge in [-0.1, -0.05) is 0 Å². The second-order valence-corrected chi connectivity index (χ2v) is 5.97. The number of hydrogen-bond acceptors (Lipinski definition) is 5. The maximum Gasteiger partial charge on any atom is 0.347 e. The largest absolute Gasteiger partial charge is 0.477 e. The molecule has 0 aliphatic heterocycles. The number of carboxylic acid groups (broad SMARTS) is 1. The van der Waals surface area contributed by atoms with Gasteiger partial charge in [-0.15, -0.1) is 11.3 Å².